The second-order valence-electron chi connectivity index (χ2n) is 3.07. The number of hydrogen-bond donors (Lipinski definition) is 0. The molecule has 0 N–H and O–H groups in total. The smallest absolute Gasteiger partial charge is 0.170 e. The summed E-state index contributed by atoms with van der Waals surface area (Å²) in [6.45, 7) is 0. The fourth-order valence-electron chi connectivity index (χ4n) is 1.31. The highest BCUT2D eigenvalue weighted by Gasteiger charge is 2.11. The van der Waals surface area contributed by atoms with Crippen LogP contribution in [-0.4, -0.2) is 21.3 Å². The normalized spacial score (nSPS) is 10.3. The molecule has 2 rings (SSSR count). The molecule has 0 saturated heterocycles. The Balaban J connectivity index is 2.53. The third kappa shape index (κ3) is 1.76. The number of carbonyl (C=O) groups is 1. The second kappa shape index (κ2) is 3.82. The average Bonchev–Trinajstić information content (AvgIpc) is 2.61. The minimum absolute atomic E-state index is 0.456. The van der Waals surface area contributed by atoms with Gasteiger partial charge in [-0.2, -0.15) is 0 Å². The standard InChI is InChI=1S/C10H8ClN3O/c1-14-9(6-15)10(12-13-14)7-2-4-8(11)5-3-7/h2-6H,1H3. The van der Waals surface area contributed by atoms with Gasteiger partial charge in [-0.1, -0.05) is 28.9 Å². The van der Waals surface area contributed by atoms with Gasteiger partial charge in [0.25, 0.3) is 0 Å². The fraction of sp³-hybridized carbons (Fsp3) is 0.100. The number of aromatic nitrogens is 3. The van der Waals surface area contributed by atoms with Gasteiger partial charge in [-0.25, -0.2) is 4.68 Å². The van der Waals surface area contributed by atoms with Gasteiger partial charge in [0.15, 0.2) is 6.29 Å². The molecular formula is C10H8ClN3O. The van der Waals surface area contributed by atoms with Gasteiger partial charge < -0.3 is 0 Å². The van der Waals surface area contributed by atoms with Crippen molar-refractivity contribution >= 4 is 17.9 Å². The number of halogens is 1. The second-order valence-corrected chi connectivity index (χ2v) is 3.51. The number of rotatable bonds is 2. The van der Waals surface area contributed by atoms with Crippen LogP contribution in [0.25, 0.3) is 11.3 Å². The maximum Gasteiger partial charge on any atom is 0.170 e. The Morgan fingerprint density at radius 2 is 2.00 bits per heavy atom. The summed E-state index contributed by atoms with van der Waals surface area (Å²) in [5.41, 5.74) is 1.86. The highest BCUT2D eigenvalue weighted by atomic mass is 35.5. The molecule has 15 heavy (non-hydrogen) atoms. The number of hydrogen-bond acceptors (Lipinski definition) is 3. The van der Waals surface area contributed by atoms with E-state index in [9.17, 15) is 4.79 Å². The Morgan fingerprint density at radius 3 is 2.60 bits per heavy atom. The summed E-state index contributed by atoms with van der Waals surface area (Å²) >= 11 is 5.77. The van der Waals surface area contributed by atoms with E-state index in [1.807, 2.05) is 0 Å². The van der Waals surface area contributed by atoms with Gasteiger partial charge >= 0.3 is 0 Å². The lowest BCUT2D eigenvalue weighted by Gasteiger charge is -1.97. The molecule has 0 atom stereocenters. The Kier molecular flexibility index (Phi) is 2.51. The summed E-state index contributed by atoms with van der Waals surface area (Å²) in [7, 11) is 1.68. The van der Waals surface area contributed by atoms with E-state index in [0.29, 0.717) is 16.4 Å². The quantitative estimate of drug-likeness (QED) is 0.729. The molecule has 0 bridgehead atoms. The molecule has 0 aliphatic carbocycles. The fourth-order valence-corrected chi connectivity index (χ4v) is 1.44. The third-order valence-corrected chi connectivity index (χ3v) is 2.35. The first kappa shape index (κ1) is 9.86. The summed E-state index contributed by atoms with van der Waals surface area (Å²) in [6, 6.07) is 7.11. The molecule has 5 heteroatoms. The van der Waals surface area contributed by atoms with Gasteiger partial charge in [-0.05, 0) is 12.1 Å². The molecule has 0 radical (unpaired) electrons. The van der Waals surface area contributed by atoms with Crippen LogP contribution in [0.4, 0.5) is 0 Å². The van der Waals surface area contributed by atoms with Crippen molar-refractivity contribution < 1.29 is 4.79 Å². The van der Waals surface area contributed by atoms with Crippen LogP contribution in [0.15, 0.2) is 24.3 Å². The van der Waals surface area contributed by atoms with E-state index in [4.69, 9.17) is 11.6 Å². The predicted molar refractivity (Wildman–Crippen MR) is 56.8 cm³/mol. The molecule has 4 nitrogen and oxygen atoms in total. The summed E-state index contributed by atoms with van der Waals surface area (Å²) in [4.78, 5) is 10.8. The van der Waals surface area contributed by atoms with Gasteiger partial charge in [0, 0.05) is 17.6 Å². The summed E-state index contributed by atoms with van der Waals surface area (Å²) in [5, 5.41) is 8.36. The Bertz CT molecular complexity index is 490. The predicted octanol–water partition coefficient (Wildman–Crippen LogP) is 1.95. The van der Waals surface area contributed by atoms with Gasteiger partial charge in [0.1, 0.15) is 11.4 Å². The Hall–Kier alpha value is -1.68. The third-order valence-electron chi connectivity index (χ3n) is 2.10. The average molecular weight is 222 g/mol. The number of benzene rings is 1. The van der Waals surface area contributed by atoms with Gasteiger partial charge in [-0.15, -0.1) is 5.10 Å². The summed E-state index contributed by atoms with van der Waals surface area (Å²) in [6.07, 6.45) is 0.740. The zero-order valence-electron chi connectivity index (χ0n) is 8.01. The number of nitrogens with zero attached hydrogens (tertiary/aromatic N) is 3. The van der Waals surface area contributed by atoms with Gasteiger partial charge in [0.2, 0.25) is 0 Å². The van der Waals surface area contributed by atoms with E-state index in [0.717, 1.165) is 11.8 Å². The lowest BCUT2D eigenvalue weighted by Crippen LogP contribution is -1.96. The zero-order chi connectivity index (χ0) is 10.8. The van der Waals surface area contributed by atoms with Crippen molar-refractivity contribution in [3.8, 4) is 11.3 Å². The number of aldehydes is 1. The van der Waals surface area contributed by atoms with Crippen LogP contribution in [0.1, 0.15) is 10.5 Å². The topological polar surface area (TPSA) is 47.8 Å². The van der Waals surface area contributed by atoms with E-state index >= 15 is 0 Å². The molecule has 0 aliphatic heterocycles. The lowest BCUT2D eigenvalue weighted by molar-refractivity contribution is 0.111. The first-order valence-corrected chi connectivity index (χ1v) is 4.71. The highest BCUT2D eigenvalue weighted by Crippen LogP contribution is 2.21. The van der Waals surface area contributed by atoms with Gasteiger partial charge in [0.05, 0.1) is 0 Å². The summed E-state index contributed by atoms with van der Waals surface area (Å²) < 4.78 is 1.44. The van der Waals surface area contributed by atoms with E-state index < -0.39 is 0 Å². The van der Waals surface area contributed by atoms with Crippen molar-refractivity contribution in [3.05, 3.63) is 35.0 Å². The number of aryl methyl sites for hydroxylation is 1. The molecule has 0 unspecified atom stereocenters. The highest BCUT2D eigenvalue weighted by molar-refractivity contribution is 6.30. The minimum Gasteiger partial charge on any atom is -0.296 e. The molecule has 1 heterocycles. The van der Waals surface area contributed by atoms with Crippen LogP contribution in [0.2, 0.25) is 5.02 Å². The molecular weight excluding hydrogens is 214 g/mol. The van der Waals surface area contributed by atoms with Crippen LogP contribution >= 0.6 is 11.6 Å². The van der Waals surface area contributed by atoms with Crippen LogP contribution in [0, 0.1) is 0 Å². The Morgan fingerprint density at radius 1 is 1.33 bits per heavy atom. The molecule has 76 valence electrons. The van der Waals surface area contributed by atoms with E-state index in [-0.39, 0.29) is 0 Å². The van der Waals surface area contributed by atoms with Crippen molar-refractivity contribution in [3.63, 3.8) is 0 Å². The van der Waals surface area contributed by atoms with Crippen LogP contribution in [0.3, 0.4) is 0 Å². The molecule has 0 fully saturated rings. The van der Waals surface area contributed by atoms with E-state index in [2.05, 4.69) is 10.3 Å². The minimum atomic E-state index is 0.456. The van der Waals surface area contributed by atoms with Crippen molar-refractivity contribution in [2.45, 2.75) is 0 Å². The van der Waals surface area contributed by atoms with Gasteiger partial charge in [-0.3, -0.25) is 4.79 Å². The SMILES string of the molecule is Cn1nnc(-c2ccc(Cl)cc2)c1C=O. The molecule has 2 aromatic rings. The monoisotopic (exact) mass is 221 g/mol. The van der Waals surface area contributed by atoms with E-state index in [1.54, 1.807) is 31.3 Å². The molecule has 0 saturated carbocycles. The van der Waals surface area contributed by atoms with Crippen LogP contribution < -0.4 is 0 Å². The largest absolute Gasteiger partial charge is 0.296 e. The van der Waals surface area contributed by atoms with Crippen LogP contribution in [-0.2, 0) is 7.05 Å². The first-order valence-electron chi connectivity index (χ1n) is 4.33. The first-order chi connectivity index (χ1) is 7.22. The lowest BCUT2D eigenvalue weighted by atomic mass is 10.1. The van der Waals surface area contributed by atoms with Crippen molar-refractivity contribution in [2.75, 3.05) is 0 Å². The summed E-state index contributed by atoms with van der Waals surface area (Å²) in [5.74, 6) is 0. The molecule has 0 amide bonds. The molecule has 1 aromatic carbocycles. The molecule has 0 aliphatic rings. The van der Waals surface area contributed by atoms with Crippen molar-refractivity contribution in [2.24, 2.45) is 7.05 Å². The molecule has 1 aromatic heterocycles. The zero-order valence-corrected chi connectivity index (χ0v) is 8.77. The molecule has 0 spiro atoms. The number of carbonyl (C=O) groups excluding carboxylic acids is 1. The van der Waals surface area contributed by atoms with Crippen molar-refractivity contribution in [1.82, 2.24) is 15.0 Å². The van der Waals surface area contributed by atoms with Crippen molar-refractivity contribution in [1.29, 1.82) is 0 Å². The maximum absolute atomic E-state index is 10.8. The van der Waals surface area contributed by atoms with E-state index in [1.165, 1.54) is 4.68 Å². The van der Waals surface area contributed by atoms with Crippen LogP contribution in [0.5, 0.6) is 0 Å². The Labute approximate surface area is 91.5 Å². The maximum atomic E-state index is 10.8.